The van der Waals surface area contributed by atoms with Crippen molar-refractivity contribution in [2.45, 2.75) is 30.8 Å². The molecule has 0 aromatic carbocycles. The van der Waals surface area contributed by atoms with Gasteiger partial charge >= 0.3 is 5.97 Å². The molecule has 0 saturated carbocycles. The lowest BCUT2D eigenvalue weighted by Gasteiger charge is -2.32. The van der Waals surface area contributed by atoms with E-state index in [1.54, 1.807) is 0 Å². The Morgan fingerprint density at radius 3 is 2.53 bits per heavy atom. The molecule has 0 aromatic rings. The number of amides is 1. The molecule has 1 heterocycles. The first-order valence-electron chi connectivity index (χ1n) is 5.55. The van der Waals surface area contributed by atoms with E-state index in [1.807, 2.05) is 0 Å². The maximum Gasteiger partial charge on any atom is 0.322 e. The van der Waals surface area contributed by atoms with Gasteiger partial charge in [-0.05, 0) is 12.8 Å². The third kappa shape index (κ3) is 4.68. The van der Waals surface area contributed by atoms with Crippen molar-refractivity contribution >= 4 is 11.9 Å². The summed E-state index contributed by atoms with van der Waals surface area (Å²) in [5.74, 6) is -1.41. The highest BCUT2D eigenvalue weighted by molar-refractivity contribution is 5.79. The second-order valence-corrected chi connectivity index (χ2v) is 4.40. The topological polar surface area (TPSA) is 128 Å². The summed E-state index contributed by atoms with van der Waals surface area (Å²) in [6, 6.07) is -1.08. The molecular weight excluding hydrogens is 226 g/mol. The Morgan fingerprint density at radius 2 is 2.00 bits per heavy atom. The fourth-order valence-electron chi connectivity index (χ4n) is 1.65. The number of hydrogen-bond acceptors (Lipinski definition) is 5. The number of rotatable bonds is 5. The average molecular weight is 245 g/mol. The molecule has 1 saturated heterocycles. The van der Waals surface area contributed by atoms with Crippen molar-refractivity contribution < 1.29 is 19.4 Å². The zero-order valence-corrected chi connectivity index (χ0v) is 9.65. The van der Waals surface area contributed by atoms with Crippen molar-refractivity contribution in [2.24, 2.45) is 11.5 Å². The van der Waals surface area contributed by atoms with Gasteiger partial charge in [0, 0.05) is 31.7 Å². The molecule has 0 bridgehead atoms. The van der Waals surface area contributed by atoms with Gasteiger partial charge in [0.15, 0.2) is 0 Å². The largest absolute Gasteiger partial charge is 0.480 e. The lowest BCUT2D eigenvalue weighted by Crippen LogP contribution is -2.50. The van der Waals surface area contributed by atoms with E-state index in [9.17, 15) is 9.59 Å². The van der Waals surface area contributed by atoms with Gasteiger partial charge < -0.3 is 26.6 Å². The zero-order chi connectivity index (χ0) is 12.9. The highest BCUT2D eigenvalue weighted by Gasteiger charge is 2.30. The normalized spacial score (nSPS) is 20.6. The Hall–Kier alpha value is -1.18. The number of carbonyl (C=O) groups excluding carboxylic acids is 1. The third-order valence-electron chi connectivity index (χ3n) is 2.84. The molecule has 1 amide bonds. The number of hydrogen-bond donors (Lipinski definition) is 4. The standard InChI is InChI=1S/C10H19N3O4/c11-7(9(15)16)6-13-8(14)5-10(12)1-3-17-4-2-10/h7H,1-6,11-12H2,(H,13,14)(H,15,16)/t7-/m0/s1. The van der Waals surface area contributed by atoms with E-state index in [4.69, 9.17) is 21.3 Å². The second-order valence-electron chi connectivity index (χ2n) is 4.40. The lowest BCUT2D eigenvalue weighted by atomic mass is 9.87. The number of aliphatic carboxylic acids is 1. The van der Waals surface area contributed by atoms with E-state index < -0.39 is 17.6 Å². The molecule has 0 aromatic heterocycles. The highest BCUT2D eigenvalue weighted by atomic mass is 16.5. The van der Waals surface area contributed by atoms with Crippen LogP contribution in [0.25, 0.3) is 0 Å². The van der Waals surface area contributed by atoms with Crippen LogP contribution in [0.15, 0.2) is 0 Å². The molecule has 1 aliphatic rings. The summed E-state index contributed by atoms with van der Waals surface area (Å²) in [7, 11) is 0. The van der Waals surface area contributed by atoms with E-state index in [2.05, 4.69) is 5.32 Å². The summed E-state index contributed by atoms with van der Waals surface area (Å²) in [4.78, 5) is 22.0. The van der Waals surface area contributed by atoms with Crippen molar-refractivity contribution in [3.05, 3.63) is 0 Å². The number of carbonyl (C=O) groups is 2. The minimum atomic E-state index is -1.14. The molecule has 0 aliphatic carbocycles. The number of nitrogens with two attached hydrogens (primary N) is 2. The van der Waals surface area contributed by atoms with Crippen LogP contribution in [-0.2, 0) is 14.3 Å². The van der Waals surface area contributed by atoms with E-state index in [1.165, 1.54) is 0 Å². The van der Waals surface area contributed by atoms with E-state index in [0.29, 0.717) is 26.1 Å². The van der Waals surface area contributed by atoms with Gasteiger partial charge in [-0.25, -0.2) is 0 Å². The van der Waals surface area contributed by atoms with Gasteiger partial charge in [0.25, 0.3) is 0 Å². The van der Waals surface area contributed by atoms with Crippen LogP contribution in [-0.4, -0.2) is 48.3 Å². The van der Waals surface area contributed by atoms with Crippen LogP contribution in [0.4, 0.5) is 0 Å². The van der Waals surface area contributed by atoms with Crippen LogP contribution in [0, 0.1) is 0 Å². The summed E-state index contributed by atoms with van der Waals surface area (Å²) >= 11 is 0. The number of nitrogens with one attached hydrogen (secondary N) is 1. The van der Waals surface area contributed by atoms with E-state index in [-0.39, 0.29) is 18.9 Å². The fraction of sp³-hybridized carbons (Fsp3) is 0.800. The molecule has 1 fully saturated rings. The highest BCUT2D eigenvalue weighted by Crippen LogP contribution is 2.21. The maximum absolute atomic E-state index is 11.6. The third-order valence-corrected chi connectivity index (χ3v) is 2.84. The molecule has 1 atom stereocenters. The average Bonchev–Trinajstić information content (AvgIpc) is 2.26. The fourth-order valence-corrected chi connectivity index (χ4v) is 1.65. The minimum absolute atomic E-state index is 0.0826. The number of carboxylic acid groups (broad SMARTS) is 1. The van der Waals surface area contributed by atoms with Crippen molar-refractivity contribution in [1.82, 2.24) is 5.32 Å². The molecule has 0 radical (unpaired) electrons. The molecule has 0 spiro atoms. The van der Waals surface area contributed by atoms with E-state index >= 15 is 0 Å². The van der Waals surface area contributed by atoms with Crippen LogP contribution >= 0.6 is 0 Å². The first-order chi connectivity index (χ1) is 7.93. The predicted molar refractivity (Wildman–Crippen MR) is 60.2 cm³/mol. The SMILES string of the molecule is N[C@@H](CNC(=O)CC1(N)CCOCC1)C(=O)O. The Labute approximate surface area is 99.5 Å². The van der Waals surface area contributed by atoms with Gasteiger partial charge in [0.1, 0.15) is 6.04 Å². The molecule has 7 heteroatoms. The molecule has 7 nitrogen and oxygen atoms in total. The molecule has 6 N–H and O–H groups in total. The van der Waals surface area contributed by atoms with Crippen LogP contribution in [0.2, 0.25) is 0 Å². The van der Waals surface area contributed by atoms with Gasteiger partial charge in [0.2, 0.25) is 5.91 Å². The Morgan fingerprint density at radius 1 is 1.41 bits per heavy atom. The van der Waals surface area contributed by atoms with Gasteiger partial charge in [0.05, 0.1) is 0 Å². The molecule has 0 unspecified atom stereocenters. The first kappa shape index (κ1) is 13.9. The summed E-state index contributed by atoms with van der Waals surface area (Å²) < 4.78 is 5.17. The van der Waals surface area contributed by atoms with E-state index in [0.717, 1.165) is 0 Å². The molecule has 98 valence electrons. The summed E-state index contributed by atoms with van der Waals surface area (Å²) in [5.41, 5.74) is 10.8. The number of carboxylic acids is 1. The van der Waals surface area contributed by atoms with Gasteiger partial charge in [-0.3, -0.25) is 9.59 Å². The van der Waals surface area contributed by atoms with Crippen molar-refractivity contribution in [1.29, 1.82) is 0 Å². The predicted octanol–water partition coefficient (Wildman–Crippen LogP) is -1.59. The lowest BCUT2D eigenvalue weighted by molar-refractivity contribution is -0.138. The summed E-state index contributed by atoms with van der Waals surface area (Å²) in [6.45, 7) is 1.03. The smallest absolute Gasteiger partial charge is 0.322 e. The van der Waals surface area contributed by atoms with Crippen LogP contribution < -0.4 is 16.8 Å². The monoisotopic (exact) mass is 245 g/mol. The van der Waals surface area contributed by atoms with Gasteiger partial charge in [-0.2, -0.15) is 0 Å². The van der Waals surface area contributed by atoms with Gasteiger partial charge in [-0.1, -0.05) is 0 Å². The van der Waals surface area contributed by atoms with Gasteiger partial charge in [-0.15, -0.1) is 0 Å². The molecular formula is C10H19N3O4. The Balaban J connectivity index is 2.31. The maximum atomic E-state index is 11.6. The van der Waals surface area contributed by atoms with Crippen LogP contribution in [0.3, 0.4) is 0 Å². The minimum Gasteiger partial charge on any atom is -0.480 e. The quantitative estimate of drug-likeness (QED) is 0.462. The Kier molecular flexibility index (Phi) is 4.86. The number of ether oxygens (including phenoxy) is 1. The second kappa shape index (κ2) is 5.95. The summed E-state index contributed by atoms with van der Waals surface area (Å²) in [5, 5.41) is 11.0. The molecule has 1 aliphatic heterocycles. The van der Waals surface area contributed by atoms with Crippen molar-refractivity contribution in [3.63, 3.8) is 0 Å². The van der Waals surface area contributed by atoms with Crippen LogP contribution in [0.1, 0.15) is 19.3 Å². The zero-order valence-electron chi connectivity index (χ0n) is 9.65. The molecule has 17 heavy (non-hydrogen) atoms. The van der Waals surface area contributed by atoms with Crippen LogP contribution in [0.5, 0.6) is 0 Å². The molecule has 1 rings (SSSR count). The van der Waals surface area contributed by atoms with Crippen molar-refractivity contribution in [2.75, 3.05) is 19.8 Å². The summed E-state index contributed by atoms with van der Waals surface area (Å²) in [6.07, 6.45) is 1.43. The van der Waals surface area contributed by atoms with Crippen molar-refractivity contribution in [3.8, 4) is 0 Å². The first-order valence-corrected chi connectivity index (χ1v) is 5.55. The Bertz CT molecular complexity index is 289.